The maximum Gasteiger partial charge on any atom is 0.337 e. The van der Waals surface area contributed by atoms with E-state index in [1.165, 1.54) is 13.4 Å². The molecule has 0 fully saturated rings. The highest BCUT2D eigenvalue weighted by molar-refractivity contribution is 5.90. The monoisotopic (exact) mass is 217 g/mol. The van der Waals surface area contributed by atoms with E-state index in [1.807, 2.05) is 13.0 Å². The third-order valence-electron chi connectivity index (χ3n) is 2.18. The van der Waals surface area contributed by atoms with Gasteiger partial charge in [-0.3, -0.25) is 0 Å². The van der Waals surface area contributed by atoms with Crippen molar-refractivity contribution in [3.8, 4) is 11.5 Å². The van der Waals surface area contributed by atoms with Crippen LogP contribution in [-0.2, 0) is 4.74 Å². The van der Waals surface area contributed by atoms with Gasteiger partial charge in [-0.25, -0.2) is 9.78 Å². The average molecular weight is 217 g/mol. The lowest BCUT2D eigenvalue weighted by Gasteiger charge is -2.03. The molecule has 0 atom stereocenters. The van der Waals surface area contributed by atoms with Crippen LogP contribution in [0.2, 0.25) is 0 Å². The number of aromatic nitrogens is 1. The minimum atomic E-state index is -0.364. The molecule has 0 saturated heterocycles. The Balaban J connectivity index is 2.48. The predicted octanol–water partition coefficient (Wildman–Crippen LogP) is 2.44. The van der Waals surface area contributed by atoms with Crippen molar-refractivity contribution in [3.05, 3.63) is 41.8 Å². The molecule has 0 saturated carbocycles. The summed E-state index contributed by atoms with van der Waals surface area (Å²) in [5.74, 6) is 0.130. The van der Waals surface area contributed by atoms with E-state index in [0.717, 1.165) is 11.1 Å². The summed E-state index contributed by atoms with van der Waals surface area (Å²) in [4.78, 5) is 15.4. The second kappa shape index (κ2) is 4.18. The van der Waals surface area contributed by atoms with E-state index >= 15 is 0 Å². The van der Waals surface area contributed by atoms with Crippen molar-refractivity contribution in [2.24, 2.45) is 0 Å². The van der Waals surface area contributed by atoms with Gasteiger partial charge in [0, 0.05) is 5.56 Å². The molecule has 2 rings (SSSR count). The van der Waals surface area contributed by atoms with Crippen LogP contribution in [0.1, 0.15) is 15.9 Å². The maximum atomic E-state index is 11.4. The van der Waals surface area contributed by atoms with E-state index in [4.69, 9.17) is 4.42 Å². The molecule has 0 radical (unpaired) electrons. The topological polar surface area (TPSA) is 52.3 Å². The molecule has 0 aliphatic carbocycles. The Kier molecular flexibility index (Phi) is 2.72. The number of benzene rings is 1. The molecule has 0 N–H and O–H groups in total. The quantitative estimate of drug-likeness (QED) is 0.725. The molecule has 0 aliphatic heterocycles. The molecular formula is C12H11NO3. The fraction of sp³-hybridized carbons (Fsp3) is 0.167. The summed E-state index contributed by atoms with van der Waals surface area (Å²) in [6.07, 6.45) is 3.06. The van der Waals surface area contributed by atoms with Crippen molar-refractivity contribution in [2.45, 2.75) is 6.92 Å². The van der Waals surface area contributed by atoms with Crippen LogP contribution in [0.25, 0.3) is 11.5 Å². The minimum absolute atomic E-state index is 0.364. The Labute approximate surface area is 92.9 Å². The molecule has 0 bridgehead atoms. The van der Waals surface area contributed by atoms with Crippen LogP contribution >= 0.6 is 0 Å². The molecule has 16 heavy (non-hydrogen) atoms. The van der Waals surface area contributed by atoms with Crippen LogP contribution in [0.4, 0.5) is 0 Å². The molecule has 1 aromatic carbocycles. The molecule has 4 heteroatoms. The van der Waals surface area contributed by atoms with E-state index in [1.54, 1.807) is 18.3 Å². The van der Waals surface area contributed by atoms with Crippen molar-refractivity contribution in [3.63, 3.8) is 0 Å². The zero-order valence-electron chi connectivity index (χ0n) is 9.06. The van der Waals surface area contributed by atoms with Crippen LogP contribution in [-0.4, -0.2) is 18.1 Å². The molecule has 1 heterocycles. The summed E-state index contributed by atoms with van der Waals surface area (Å²) in [7, 11) is 1.36. The number of esters is 1. The second-order valence-corrected chi connectivity index (χ2v) is 3.42. The summed E-state index contributed by atoms with van der Waals surface area (Å²) in [5.41, 5.74) is 2.22. The molecule has 0 aliphatic rings. The highest BCUT2D eigenvalue weighted by Gasteiger charge is 2.10. The van der Waals surface area contributed by atoms with E-state index in [9.17, 15) is 4.79 Å². The van der Waals surface area contributed by atoms with Crippen molar-refractivity contribution in [2.75, 3.05) is 7.11 Å². The largest absolute Gasteiger partial charge is 0.465 e. The van der Waals surface area contributed by atoms with Crippen LogP contribution in [0.5, 0.6) is 0 Å². The van der Waals surface area contributed by atoms with Crippen LogP contribution < -0.4 is 0 Å². The lowest BCUT2D eigenvalue weighted by Crippen LogP contribution is -2.01. The van der Waals surface area contributed by atoms with Crippen molar-refractivity contribution >= 4 is 5.97 Å². The zero-order chi connectivity index (χ0) is 11.5. The normalized spacial score (nSPS) is 10.1. The number of methoxy groups -OCH3 is 1. The summed E-state index contributed by atoms with van der Waals surface area (Å²) in [6, 6.07) is 5.36. The standard InChI is InChI=1S/C12H11NO3/c1-8-5-9(11-13-3-4-16-11)7-10(6-8)12(14)15-2/h3-7H,1-2H3. The number of aryl methyl sites for hydroxylation is 1. The average Bonchev–Trinajstić information content (AvgIpc) is 2.80. The summed E-state index contributed by atoms with van der Waals surface area (Å²) >= 11 is 0. The van der Waals surface area contributed by atoms with Crippen LogP contribution in [0.15, 0.2) is 35.1 Å². The molecule has 0 spiro atoms. The second-order valence-electron chi connectivity index (χ2n) is 3.42. The molecule has 0 amide bonds. The van der Waals surface area contributed by atoms with Crippen LogP contribution in [0, 0.1) is 6.92 Å². The molecular weight excluding hydrogens is 206 g/mol. The number of nitrogens with zero attached hydrogens (tertiary/aromatic N) is 1. The van der Waals surface area contributed by atoms with Crippen molar-refractivity contribution in [1.29, 1.82) is 0 Å². The highest BCUT2D eigenvalue weighted by Crippen LogP contribution is 2.20. The number of hydrogen-bond donors (Lipinski definition) is 0. The van der Waals surface area contributed by atoms with Crippen molar-refractivity contribution in [1.82, 2.24) is 4.98 Å². The third-order valence-corrected chi connectivity index (χ3v) is 2.18. The van der Waals surface area contributed by atoms with Gasteiger partial charge < -0.3 is 9.15 Å². The first kappa shape index (κ1) is 10.4. The Hall–Kier alpha value is -2.10. The zero-order valence-corrected chi connectivity index (χ0v) is 9.06. The van der Waals surface area contributed by atoms with Crippen LogP contribution in [0.3, 0.4) is 0 Å². The number of ether oxygens (including phenoxy) is 1. The number of carbonyl (C=O) groups excluding carboxylic acids is 1. The molecule has 4 nitrogen and oxygen atoms in total. The van der Waals surface area contributed by atoms with Gasteiger partial charge in [-0.15, -0.1) is 0 Å². The number of oxazole rings is 1. The van der Waals surface area contributed by atoms with Gasteiger partial charge in [-0.1, -0.05) is 0 Å². The maximum absolute atomic E-state index is 11.4. The fourth-order valence-corrected chi connectivity index (χ4v) is 1.51. The van der Waals surface area contributed by atoms with E-state index < -0.39 is 0 Å². The number of rotatable bonds is 2. The molecule has 82 valence electrons. The Bertz CT molecular complexity index is 503. The number of hydrogen-bond acceptors (Lipinski definition) is 4. The third kappa shape index (κ3) is 1.95. The number of carbonyl (C=O) groups is 1. The van der Waals surface area contributed by atoms with Gasteiger partial charge in [0.1, 0.15) is 6.26 Å². The Morgan fingerprint density at radius 2 is 2.19 bits per heavy atom. The van der Waals surface area contributed by atoms with Gasteiger partial charge in [-0.05, 0) is 30.7 Å². The Morgan fingerprint density at radius 3 is 2.81 bits per heavy atom. The molecule has 0 unspecified atom stereocenters. The fourth-order valence-electron chi connectivity index (χ4n) is 1.51. The first-order valence-electron chi connectivity index (χ1n) is 4.80. The molecule has 1 aromatic heterocycles. The minimum Gasteiger partial charge on any atom is -0.465 e. The first-order chi connectivity index (χ1) is 7.70. The van der Waals surface area contributed by atoms with Gasteiger partial charge in [0.2, 0.25) is 5.89 Å². The lowest BCUT2D eigenvalue weighted by molar-refractivity contribution is 0.0600. The SMILES string of the molecule is COC(=O)c1cc(C)cc(-c2ncco2)c1. The highest BCUT2D eigenvalue weighted by atomic mass is 16.5. The van der Waals surface area contributed by atoms with E-state index in [2.05, 4.69) is 9.72 Å². The van der Waals surface area contributed by atoms with Gasteiger partial charge in [0.25, 0.3) is 0 Å². The summed E-state index contributed by atoms with van der Waals surface area (Å²) in [5, 5.41) is 0. The van der Waals surface area contributed by atoms with Gasteiger partial charge in [0.15, 0.2) is 0 Å². The van der Waals surface area contributed by atoms with Crippen molar-refractivity contribution < 1.29 is 13.9 Å². The predicted molar refractivity (Wildman–Crippen MR) is 58.0 cm³/mol. The van der Waals surface area contributed by atoms with E-state index in [0.29, 0.717) is 11.5 Å². The molecule has 2 aromatic rings. The Morgan fingerprint density at radius 1 is 1.38 bits per heavy atom. The first-order valence-corrected chi connectivity index (χ1v) is 4.80. The lowest BCUT2D eigenvalue weighted by atomic mass is 10.1. The van der Waals surface area contributed by atoms with Gasteiger partial charge in [0.05, 0.1) is 18.9 Å². The van der Waals surface area contributed by atoms with Gasteiger partial charge >= 0.3 is 5.97 Å². The van der Waals surface area contributed by atoms with E-state index in [-0.39, 0.29) is 5.97 Å². The van der Waals surface area contributed by atoms with Gasteiger partial charge in [-0.2, -0.15) is 0 Å². The summed E-state index contributed by atoms with van der Waals surface area (Å²) < 4.78 is 9.85. The summed E-state index contributed by atoms with van der Waals surface area (Å²) in [6.45, 7) is 1.90. The smallest absolute Gasteiger partial charge is 0.337 e.